The minimum absolute atomic E-state index is 0.116. The number of benzene rings is 1. The van der Waals surface area contributed by atoms with Crippen LogP contribution in [0.4, 0.5) is 8.78 Å². The smallest absolute Gasteiger partial charge is 0.264 e. The van der Waals surface area contributed by atoms with Crippen molar-refractivity contribution in [3.05, 3.63) is 34.4 Å². The highest BCUT2D eigenvalue weighted by Crippen LogP contribution is 2.27. The lowest BCUT2D eigenvalue weighted by molar-refractivity contribution is 0.101. The molecule has 0 heterocycles. The lowest BCUT2D eigenvalue weighted by Gasteiger charge is -2.09. The van der Waals surface area contributed by atoms with Crippen molar-refractivity contribution < 1.29 is 18.4 Å². The first-order chi connectivity index (χ1) is 6.97. The fourth-order valence-corrected chi connectivity index (χ4v) is 1.42. The van der Waals surface area contributed by atoms with Gasteiger partial charge in [0.05, 0.1) is 0 Å². The van der Waals surface area contributed by atoms with Crippen LogP contribution in [0.15, 0.2) is 12.1 Å². The van der Waals surface area contributed by atoms with Crippen molar-refractivity contribution in [1.82, 2.24) is 0 Å². The Morgan fingerprint density at radius 1 is 1.40 bits per heavy atom. The van der Waals surface area contributed by atoms with Crippen LogP contribution in [0.3, 0.4) is 0 Å². The van der Waals surface area contributed by atoms with Crippen LogP contribution < -0.4 is 0 Å². The Hall–Kier alpha value is -1.58. The average molecular weight is 212 g/mol. The fraction of sp³-hybridized carbons (Fsp3) is 0.273. The summed E-state index contributed by atoms with van der Waals surface area (Å²) in [5.41, 5.74) is 0.129. The van der Waals surface area contributed by atoms with Crippen molar-refractivity contribution in [3.63, 3.8) is 0 Å². The molecule has 0 N–H and O–H groups in total. The third-order valence-electron chi connectivity index (χ3n) is 2.17. The van der Waals surface area contributed by atoms with Gasteiger partial charge in [0, 0.05) is 16.7 Å². The van der Waals surface area contributed by atoms with E-state index in [-0.39, 0.29) is 28.0 Å². The number of rotatable bonds is 3. The van der Waals surface area contributed by atoms with Gasteiger partial charge in [0.15, 0.2) is 12.1 Å². The van der Waals surface area contributed by atoms with Gasteiger partial charge in [-0.1, -0.05) is 0 Å². The van der Waals surface area contributed by atoms with Gasteiger partial charge in [-0.05, 0) is 31.5 Å². The summed E-state index contributed by atoms with van der Waals surface area (Å²) in [7, 11) is 0. The lowest BCUT2D eigenvalue weighted by Crippen LogP contribution is -2.02. The van der Waals surface area contributed by atoms with E-state index in [9.17, 15) is 18.4 Å². The first kappa shape index (κ1) is 11.5. The standard InChI is InChI=1S/C11H10F2O2/c1-6-3-8(7(2)15)4-9(5-14)10(6)11(12)13/h3-5,11H,1-2H3. The molecule has 0 fully saturated rings. The molecule has 0 aliphatic carbocycles. The van der Waals surface area contributed by atoms with Gasteiger partial charge in [-0.25, -0.2) is 8.78 Å². The normalized spacial score (nSPS) is 10.5. The van der Waals surface area contributed by atoms with E-state index in [1.807, 2.05) is 0 Å². The number of Topliss-reactive ketones (excluding diaryl/α,β-unsaturated/α-hetero) is 1. The lowest BCUT2D eigenvalue weighted by atomic mass is 9.98. The maximum absolute atomic E-state index is 12.6. The molecule has 1 aromatic rings. The number of aryl methyl sites for hydroxylation is 1. The first-order valence-electron chi connectivity index (χ1n) is 4.36. The molecule has 0 unspecified atom stereocenters. The Morgan fingerprint density at radius 2 is 2.00 bits per heavy atom. The Bertz CT molecular complexity index is 411. The number of alkyl halides is 2. The Morgan fingerprint density at radius 3 is 2.40 bits per heavy atom. The highest BCUT2D eigenvalue weighted by atomic mass is 19.3. The molecule has 4 heteroatoms. The molecule has 80 valence electrons. The van der Waals surface area contributed by atoms with Crippen molar-refractivity contribution in [1.29, 1.82) is 0 Å². The van der Waals surface area contributed by atoms with Crippen LogP contribution in [-0.2, 0) is 0 Å². The number of carbonyl (C=O) groups excluding carboxylic acids is 2. The van der Waals surface area contributed by atoms with E-state index in [0.717, 1.165) is 0 Å². The summed E-state index contributed by atoms with van der Waals surface area (Å²) in [5.74, 6) is -0.248. The number of aldehydes is 1. The monoisotopic (exact) mass is 212 g/mol. The SMILES string of the molecule is CC(=O)c1cc(C)c(C(F)F)c(C=O)c1. The zero-order valence-corrected chi connectivity index (χ0v) is 8.38. The van der Waals surface area contributed by atoms with Crippen molar-refractivity contribution in [2.75, 3.05) is 0 Å². The topological polar surface area (TPSA) is 34.1 Å². The van der Waals surface area contributed by atoms with Crippen molar-refractivity contribution in [2.24, 2.45) is 0 Å². The van der Waals surface area contributed by atoms with E-state index in [1.54, 1.807) is 0 Å². The highest BCUT2D eigenvalue weighted by Gasteiger charge is 2.17. The number of hydrogen-bond acceptors (Lipinski definition) is 2. The first-order valence-corrected chi connectivity index (χ1v) is 4.36. The summed E-state index contributed by atoms with van der Waals surface area (Å²) in [4.78, 5) is 21.7. The quantitative estimate of drug-likeness (QED) is 0.570. The van der Waals surface area contributed by atoms with E-state index in [0.29, 0.717) is 6.29 Å². The largest absolute Gasteiger partial charge is 0.298 e. The van der Waals surface area contributed by atoms with E-state index in [2.05, 4.69) is 0 Å². The predicted octanol–water partition coefficient (Wildman–Crippen LogP) is 2.95. The number of halogens is 2. The molecule has 1 aromatic carbocycles. The van der Waals surface area contributed by atoms with Crippen molar-refractivity contribution >= 4 is 12.1 Å². The highest BCUT2D eigenvalue weighted by molar-refractivity contribution is 5.96. The average Bonchev–Trinajstić information content (AvgIpc) is 2.15. The molecule has 0 atom stereocenters. The summed E-state index contributed by atoms with van der Waals surface area (Å²) < 4.78 is 25.1. The second kappa shape index (κ2) is 4.29. The van der Waals surface area contributed by atoms with Crippen LogP contribution in [0.2, 0.25) is 0 Å². The van der Waals surface area contributed by atoms with E-state index in [4.69, 9.17) is 0 Å². The van der Waals surface area contributed by atoms with Gasteiger partial charge < -0.3 is 0 Å². The van der Waals surface area contributed by atoms with E-state index >= 15 is 0 Å². The number of carbonyl (C=O) groups is 2. The third-order valence-corrected chi connectivity index (χ3v) is 2.17. The van der Waals surface area contributed by atoms with Crippen molar-refractivity contribution in [3.8, 4) is 0 Å². The van der Waals surface area contributed by atoms with E-state index in [1.165, 1.54) is 26.0 Å². The fourth-order valence-electron chi connectivity index (χ4n) is 1.42. The summed E-state index contributed by atoms with van der Waals surface area (Å²) in [6.45, 7) is 2.78. The number of hydrogen-bond donors (Lipinski definition) is 0. The Labute approximate surface area is 85.9 Å². The van der Waals surface area contributed by atoms with Gasteiger partial charge >= 0.3 is 0 Å². The maximum Gasteiger partial charge on any atom is 0.264 e. The maximum atomic E-state index is 12.6. The Balaban J connectivity index is 3.43. The summed E-state index contributed by atoms with van der Waals surface area (Å²) >= 11 is 0. The summed E-state index contributed by atoms with van der Waals surface area (Å²) in [6.07, 6.45) is -2.35. The van der Waals surface area contributed by atoms with Crippen LogP contribution in [0.1, 0.15) is 45.2 Å². The molecule has 0 radical (unpaired) electrons. The molecule has 0 saturated heterocycles. The van der Waals surface area contributed by atoms with E-state index < -0.39 is 6.43 Å². The van der Waals surface area contributed by atoms with Gasteiger partial charge in [-0.15, -0.1) is 0 Å². The minimum Gasteiger partial charge on any atom is -0.298 e. The molecular formula is C11H10F2O2. The second-order valence-electron chi connectivity index (χ2n) is 3.27. The third kappa shape index (κ3) is 2.26. The zero-order chi connectivity index (χ0) is 11.6. The second-order valence-corrected chi connectivity index (χ2v) is 3.27. The zero-order valence-electron chi connectivity index (χ0n) is 8.38. The molecule has 0 bridgehead atoms. The molecule has 0 spiro atoms. The molecule has 0 saturated carbocycles. The van der Waals surface area contributed by atoms with Gasteiger partial charge in [0.1, 0.15) is 0 Å². The Kier molecular flexibility index (Phi) is 3.29. The van der Waals surface area contributed by atoms with Crippen LogP contribution in [-0.4, -0.2) is 12.1 Å². The van der Waals surface area contributed by atoms with Gasteiger partial charge in [-0.2, -0.15) is 0 Å². The summed E-state index contributed by atoms with van der Waals surface area (Å²) in [5, 5.41) is 0. The molecule has 0 aromatic heterocycles. The van der Waals surface area contributed by atoms with Crippen LogP contribution in [0.25, 0.3) is 0 Å². The molecule has 0 aliphatic heterocycles. The minimum atomic E-state index is -2.70. The number of ketones is 1. The molecule has 2 nitrogen and oxygen atoms in total. The summed E-state index contributed by atoms with van der Waals surface area (Å²) in [6, 6.07) is 2.57. The molecule has 1 rings (SSSR count). The van der Waals surface area contributed by atoms with Gasteiger partial charge in [-0.3, -0.25) is 9.59 Å². The van der Waals surface area contributed by atoms with Gasteiger partial charge in [0.25, 0.3) is 6.43 Å². The molecule has 0 amide bonds. The molecule has 15 heavy (non-hydrogen) atoms. The van der Waals surface area contributed by atoms with Crippen LogP contribution in [0, 0.1) is 6.92 Å². The predicted molar refractivity (Wildman–Crippen MR) is 51.5 cm³/mol. The van der Waals surface area contributed by atoms with Crippen LogP contribution >= 0.6 is 0 Å². The van der Waals surface area contributed by atoms with Crippen LogP contribution in [0.5, 0.6) is 0 Å². The van der Waals surface area contributed by atoms with Crippen molar-refractivity contribution in [2.45, 2.75) is 20.3 Å². The molecule has 0 aliphatic rings. The van der Waals surface area contributed by atoms with Gasteiger partial charge in [0.2, 0.25) is 0 Å². The molecular weight excluding hydrogens is 202 g/mol.